The Morgan fingerprint density at radius 3 is 2.64 bits per heavy atom. The van der Waals surface area contributed by atoms with Crippen molar-refractivity contribution in [2.75, 3.05) is 20.8 Å². The van der Waals surface area contributed by atoms with Gasteiger partial charge in [0, 0.05) is 6.54 Å². The average Bonchev–Trinajstić information content (AvgIpc) is 2.83. The molecule has 1 spiro atoms. The van der Waals surface area contributed by atoms with Crippen molar-refractivity contribution in [1.29, 1.82) is 0 Å². The Morgan fingerprint density at radius 2 is 2.00 bits per heavy atom. The van der Waals surface area contributed by atoms with Crippen LogP contribution in [0.15, 0.2) is 24.3 Å². The van der Waals surface area contributed by atoms with Crippen LogP contribution in [0.4, 0.5) is 4.79 Å². The van der Waals surface area contributed by atoms with E-state index in [2.05, 4.69) is 12.2 Å². The maximum absolute atomic E-state index is 13.0. The first-order valence-corrected chi connectivity index (χ1v) is 8.92. The van der Waals surface area contributed by atoms with E-state index in [1.54, 1.807) is 7.11 Å². The van der Waals surface area contributed by atoms with E-state index in [4.69, 9.17) is 4.74 Å². The van der Waals surface area contributed by atoms with E-state index < -0.39 is 5.54 Å². The quantitative estimate of drug-likeness (QED) is 0.833. The molecular formula is C19H27N3O3. The van der Waals surface area contributed by atoms with Crippen molar-refractivity contribution < 1.29 is 14.3 Å². The molecule has 6 heteroatoms. The van der Waals surface area contributed by atoms with Gasteiger partial charge in [0.05, 0.1) is 13.8 Å². The van der Waals surface area contributed by atoms with Crippen molar-refractivity contribution in [3.05, 3.63) is 29.8 Å². The van der Waals surface area contributed by atoms with Crippen LogP contribution in [0.25, 0.3) is 0 Å². The zero-order valence-corrected chi connectivity index (χ0v) is 15.2. The summed E-state index contributed by atoms with van der Waals surface area (Å²) in [4.78, 5) is 28.7. The fraction of sp³-hybridized carbons (Fsp3) is 0.579. The summed E-state index contributed by atoms with van der Waals surface area (Å²) in [6, 6.07) is 7.54. The molecule has 136 valence electrons. The van der Waals surface area contributed by atoms with Gasteiger partial charge in [-0.1, -0.05) is 31.9 Å². The van der Waals surface area contributed by atoms with Gasteiger partial charge in [-0.05, 0) is 43.5 Å². The third-order valence-corrected chi connectivity index (χ3v) is 5.50. The number of ether oxygens (including phenoxy) is 1. The summed E-state index contributed by atoms with van der Waals surface area (Å²) in [5.41, 5.74) is 0.423. The molecule has 2 atom stereocenters. The summed E-state index contributed by atoms with van der Waals surface area (Å²) in [6.07, 6.45) is 3.86. The van der Waals surface area contributed by atoms with Crippen LogP contribution < -0.4 is 10.1 Å². The molecule has 1 aromatic rings. The van der Waals surface area contributed by atoms with Crippen LogP contribution in [0, 0.1) is 5.92 Å². The number of urea groups is 1. The highest BCUT2D eigenvalue weighted by Gasteiger charge is 2.54. The maximum Gasteiger partial charge on any atom is 0.326 e. The highest BCUT2D eigenvalue weighted by Crippen LogP contribution is 2.38. The lowest BCUT2D eigenvalue weighted by Gasteiger charge is -2.37. The van der Waals surface area contributed by atoms with Gasteiger partial charge in [0.25, 0.3) is 5.91 Å². The number of hydrogen-bond acceptors (Lipinski definition) is 4. The van der Waals surface area contributed by atoms with Gasteiger partial charge in [-0.25, -0.2) is 9.69 Å². The lowest BCUT2D eigenvalue weighted by molar-refractivity contribution is -0.135. The van der Waals surface area contributed by atoms with Crippen LogP contribution in [-0.2, 0) is 11.3 Å². The van der Waals surface area contributed by atoms with Crippen LogP contribution in [0.3, 0.4) is 0 Å². The Balaban J connectivity index is 1.65. The van der Waals surface area contributed by atoms with Gasteiger partial charge in [0.2, 0.25) is 0 Å². The number of benzene rings is 1. The Hall–Kier alpha value is -2.08. The van der Waals surface area contributed by atoms with Gasteiger partial charge < -0.3 is 10.1 Å². The fourth-order valence-electron chi connectivity index (χ4n) is 3.96. The minimum Gasteiger partial charge on any atom is -0.497 e. The lowest BCUT2D eigenvalue weighted by atomic mass is 9.73. The van der Waals surface area contributed by atoms with Gasteiger partial charge in [0.1, 0.15) is 11.3 Å². The number of hydrogen-bond donors (Lipinski definition) is 1. The topological polar surface area (TPSA) is 61.9 Å². The van der Waals surface area contributed by atoms with Crippen LogP contribution in [0.2, 0.25) is 0 Å². The van der Waals surface area contributed by atoms with E-state index in [0.29, 0.717) is 13.2 Å². The van der Waals surface area contributed by atoms with Crippen LogP contribution in [0.5, 0.6) is 5.75 Å². The molecule has 0 aromatic heterocycles. The third-order valence-electron chi connectivity index (χ3n) is 5.50. The van der Waals surface area contributed by atoms with Gasteiger partial charge in [-0.15, -0.1) is 0 Å². The number of nitrogens with one attached hydrogen (secondary N) is 1. The standard InChI is InChI=1S/C19H27N3O3/c1-14-6-4-5-11-19(14)17(23)22(18(24)20-19)13-21(2)12-15-7-9-16(25-3)10-8-15/h7-10,14H,4-6,11-13H2,1-3H3,(H,20,24)/t14-,19-/m1/s1. The van der Waals surface area contributed by atoms with E-state index in [-0.39, 0.29) is 17.9 Å². The number of methoxy groups -OCH3 is 1. The van der Waals surface area contributed by atoms with Gasteiger partial charge in [-0.3, -0.25) is 9.69 Å². The Labute approximate surface area is 149 Å². The van der Waals surface area contributed by atoms with Crippen molar-refractivity contribution in [2.45, 2.75) is 44.7 Å². The number of imide groups is 1. The summed E-state index contributed by atoms with van der Waals surface area (Å²) in [5, 5.41) is 3.00. The molecular weight excluding hydrogens is 318 g/mol. The molecule has 1 saturated heterocycles. The Kier molecular flexibility index (Phi) is 4.99. The first-order chi connectivity index (χ1) is 12.0. The number of carbonyl (C=O) groups is 2. The minimum absolute atomic E-state index is 0.0636. The molecule has 1 aliphatic carbocycles. The van der Waals surface area contributed by atoms with E-state index in [0.717, 1.165) is 37.0 Å². The Morgan fingerprint density at radius 1 is 1.28 bits per heavy atom. The first kappa shape index (κ1) is 17.7. The van der Waals surface area contributed by atoms with E-state index in [1.165, 1.54) is 4.90 Å². The molecule has 2 fully saturated rings. The zero-order chi connectivity index (χ0) is 18.0. The predicted molar refractivity (Wildman–Crippen MR) is 95.1 cm³/mol. The smallest absolute Gasteiger partial charge is 0.326 e. The molecule has 0 bridgehead atoms. The molecule has 1 aromatic carbocycles. The third kappa shape index (κ3) is 3.35. The van der Waals surface area contributed by atoms with Crippen LogP contribution >= 0.6 is 0 Å². The van der Waals surface area contributed by atoms with Crippen LogP contribution in [0.1, 0.15) is 38.2 Å². The lowest BCUT2D eigenvalue weighted by Crippen LogP contribution is -2.54. The summed E-state index contributed by atoms with van der Waals surface area (Å²) in [7, 11) is 3.56. The van der Waals surface area contributed by atoms with Crippen molar-refractivity contribution >= 4 is 11.9 Å². The molecule has 2 aliphatic rings. The molecule has 3 amide bonds. The second kappa shape index (κ2) is 7.04. The summed E-state index contributed by atoms with van der Waals surface area (Å²) in [5.74, 6) is 0.939. The van der Waals surface area contributed by atoms with Gasteiger partial charge >= 0.3 is 6.03 Å². The molecule has 1 N–H and O–H groups in total. The summed E-state index contributed by atoms with van der Waals surface area (Å²) < 4.78 is 5.16. The normalized spacial score (nSPS) is 26.4. The van der Waals surface area contributed by atoms with Gasteiger partial charge in [0.15, 0.2) is 0 Å². The largest absolute Gasteiger partial charge is 0.497 e. The monoisotopic (exact) mass is 345 g/mol. The number of nitrogens with zero attached hydrogens (tertiary/aromatic N) is 2. The van der Waals surface area contributed by atoms with Crippen molar-refractivity contribution in [2.24, 2.45) is 5.92 Å². The molecule has 0 radical (unpaired) electrons. The Bertz CT molecular complexity index is 646. The summed E-state index contributed by atoms with van der Waals surface area (Å²) in [6.45, 7) is 3.02. The number of carbonyl (C=O) groups excluding carboxylic acids is 2. The second-order valence-electron chi connectivity index (χ2n) is 7.29. The SMILES string of the molecule is COc1ccc(CN(C)CN2C(=O)N[C@@]3(CCCC[C@H]3C)C2=O)cc1. The summed E-state index contributed by atoms with van der Waals surface area (Å²) >= 11 is 0. The molecule has 25 heavy (non-hydrogen) atoms. The first-order valence-electron chi connectivity index (χ1n) is 8.92. The van der Waals surface area contributed by atoms with E-state index in [9.17, 15) is 9.59 Å². The average molecular weight is 345 g/mol. The maximum atomic E-state index is 13.0. The fourth-order valence-corrected chi connectivity index (χ4v) is 3.96. The number of amides is 3. The molecule has 0 unspecified atom stereocenters. The van der Waals surface area contributed by atoms with Crippen molar-refractivity contribution in [3.8, 4) is 5.75 Å². The van der Waals surface area contributed by atoms with Crippen LogP contribution in [-0.4, -0.2) is 48.1 Å². The molecule has 1 aliphatic heterocycles. The highest BCUT2D eigenvalue weighted by atomic mass is 16.5. The molecule has 1 saturated carbocycles. The van der Waals surface area contributed by atoms with E-state index >= 15 is 0 Å². The predicted octanol–water partition coefficient (Wildman–Crippen LogP) is 2.59. The second-order valence-corrected chi connectivity index (χ2v) is 7.29. The molecule has 1 heterocycles. The zero-order valence-electron chi connectivity index (χ0n) is 15.2. The van der Waals surface area contributed by atoms with Crippen molar-refractivity contribution in [1.82, 2.24) is 15.1 Å². The molecule has 3 rings (SSSR count). The number of rotatable bonds is 5. The highest BCUT2D eigenvalue weighted by molar-refractivity contribution is 6.07. The van der Waals surface area contributed by atoms with E-state index in [1.807, 2.05) is 36.2 Å². The molecule has 6 nitrogen and oxygen atoms in total. The van der Waals surface area contributed by atoms with Crippen molar-refractivity contribution in [3.63, 3.8) is 0 Å². The minimum atomic E-state index is -0.684. The van der Waals surface area contributed by atoms with Gasteiger partial charge in [-0.2, -0.15) is 0 Å².